The van der Waals surface area contributed by atoms with Crippen LogP contribution in [0.25, 0.3) is 10.9 Å². The maximum absolute atomic E-state index is 11.0. The predicted octanol–water partition coefficient (Wildman–Crippen LogP) is 4.05. The molecule has 3 rings (SSSR count). The van der Waals surface area contributed by atoms with E-state index in [9.17, 15) is 4.79 Å². The van der Waals surface area contributed by atoms with Gasteiger partial charge in [-0.2, -0.15) is 0 Å². The van der Waals surface area contributed by atoms with Crippen LogP contribution in [0.2, 0.25) is 0 Å². The summed E-state index contributed by atoms with van der Waals surface area (Å²) in [6.07, 6.45) is 1.72. The number of hydrogen-bond acceptors (Lipinski definition) is 3. The third-order valence-corrected chi connectivity index (χ3v) is 5.27. The number of benzene rings is 1. The third kappa shape index (κ3) is 3.70. The molecule has 2 atom stereocenters. The Morgan fingerprint density at radius 2 is 2.12 bits per heavy atom. The first-order chi connectivity index (χ1) is 11.8. The van der Waals surface area contributed by atoms with Gasteiger partial charge in [0.25, 0.3) is 0 Å². The Hall–Kier alpha value is -2.30. The summed E-state index contributed by atoms with van der Waals surface area (Å²) in [5.74, 6) is 0.970. The molecular formula is C20H27N3O2. The van der Waals surface area contributed by atoms with Gasteiger partial charge in [-0.3, -0.25) is 4.98 Å². The zero-order valence-corrected chi connectivity index (χ0v) is 15.4. The van der Waals surface area contributed by atoms with Crippen LogP contribution in [0.5, 0.6) is 0 Å². The van der Waals surface area contributed by atoms with Crippen molar-refractivity contribution in [2.45, 2.75) is 39.7 Å². The molecule has 1 amide bonds. The van der Waals surface area contributed by atoms with Gasteiger partial charge in [0.2, 0.25) is 0 Å². The smallest absolute Gasteiger partial charge is 0.405 e. The van der Waals surface area contributed by atoms with Crippen LogP contribution < -0.4 is 10.2 Å². The molecule has 2 aromatic rings. The summed E-state index contributed by atoms with van der Waals surface area (Å²) in [7, 11) is 0. The van der Waals surface area contributed by atoms with E-state index < -0.39 is 11.6 Å². The highest BCUT2D eigenvalue weighted by Crippen LogP contribution is 2.36. The second-order valence-electron chi connectivity index (χ2n) is 7.96. The summed E-state index contributed by atoms with van der Waals surface area (Å²) < 4.78 is 0. The second kappa shape index (κ2) is 6.54. The molecule has 1 aliphatic heterocycles. The average molecular weight is 341 g/mol. The van der Waals surface area contributed by atoms with Crippen molar-refractivity contribution in [3.05, 3.63) is 36.0 Å². The lowest BCUT2D eigenvalue weighted by atomic mass is 9.85. The number of nitrogens with one attached hydrogen (secondary N) is 1. The van der Waals surface area contributed by atoms with E-state index in [1.54, 1.807) is 0 Å². The van der Waals surface area contributed by atoms with Gasteiger partial charge in [0.1, 0.15) is 0 Å². The molecule has 0 aliphatic carbocycles. The van der Waals surface area contributed by atoms with Crippen LogP contribution in [0, 0.1) is 18.8 Å². The van der Waals surface area contributed by atoms with Gasteiger partial charge < -0.3 is 15.3 Å². The molecular weight excluding hydrogens is 314 g/mol. The number of carboxylic acid groups (broad SMARTS) is 1. The van der Waals surface area contributed by atoms with E-state index in [1.165, 1.54) is 16.6 Å². The van der Waals surface area contributed by atoms with Gasteiger partial charge in [-0.1, -0.05) is 13.0 Å². The number of carbonyl (C=O) groups is 1. The molecule has 1 saturated heterocycles. The fourth-order valence-electron chi connectivity index (χ4n) is 4.07. The van der Waals surface area contributed by atoms with E-state index in [1.807, 2.05) is 26.1 Å². The van der Waals surface area contributed by atoms with Crippen molar-refractivity contribution < 1.29 is 9.90 Å². The fraction of sp³-hybridized carbons (Fsp3) is 0.500. The molecule has 1 aromatic carbocycles. The topological polar surface area (TPSA) is 65.5 Å². The number of amides is 1. The first-order valence-corrected chi connectivity index (χ1v) is 8.87. The van der Waals surface area contributed by atoms with E-state index in [2.05, 4.69) is 47.2 Å². The fourth-order valence-corrected chi connectivity index (χ4v) is 4.07. The van der Waals surface area contributed by atoms with Crippen molar-refractivity contribution in [3.63, 3.8) is 0 Å². The highest BCUT2D eigenvalue weighted by Gasteiger charge is 2.35. The largest absolute Gasteiger partial charge is 0.465 e. The van der Waals surface area contributed by atoms with Crippen molar-refractivity contribution in [3.8, 4) is 0 Å². The average Bonchev–Trinajstić information content (AvgIpc) is 2.86. The highest BCUT2D eigenvalue weighted by atomic mass is 16.4. The van der Waals surface area contributed by atoms with E-state index >= 15 is 0 Å². The van der Waals surface area contributed by atoms with Crippen LogP contribution in [-0.4, -0.2) is 34.8 Å². The molecule has 2 N–H and O–H groups in total. The van der Waals surface area contributed by atoms with Crippen molar-refractivity contribution in [2.24, 2.45) is 11.8 Å². The summed E-state index contributed by atoms with van der Waals surface area (Å²) in [6.45, 7) is 10.2. The summed E-state index contributed by atoms with van der Waals surface area (Å²) in [5.41, 5.74) is 3.06. The maximum Gasteiger partial charge on any atom is 0.405 e. The lowest BCUT2D eigenvalue weighted by molar-refractivity contribution is 0.175. The minimum atomic E-state index is -0.955. The number of pyridine rings is 1. The number of nitrogens with zero attached hydrogens (tertiary/aromatic N) is 2. The van der Waals surface area contributed by atoms with Crippen molar-refractivity contribution in [1.29, 1.82) is 0 Å². The molecule has 25 heavy (non-hydrogen) atoms. The van der Waals surface area contributed by atoms with Crippen LogP contribution in [-0.2, 0) is 0 Å². The SMILES string of the molecule is Cc1ccc(N2C[C@H](CC(C)(C)NC(=O)O)[C@@H](C)C2)c2cccnc12. The second-order valence-corrected chi connectivity index (χ2v) is 7.96. The minimum absolute atomic E-state index is 0.419. The molecule has 2 heterocycles. The van der Waals surface area contributed by atoms with Crippen LogP contribution in [0.3, 0.4) is 0 Å². The number of hydrogen-bond donors (Lipinski definition) is 2. The van der Waals surface area contributed by atoms with E-state index in [0.29, 0.717) is 11.8 Å². The standard InChI is InChI=1S/C20H27N3O2/c1-13-7-8-17(16-6-5-9-21-18(13)16)23-11-14(2)15(12-23)10-20(3,4)22-19(24)25/h5-9,14-15,22H,10-12H2,1-4H3,(H,24,25)/t14-,15-/m0/s1. The quantitative estimate of drug-likeness (QED) is 0.880. The summed E-state index contributed by atoms with van der Waals surface area (Å²) in [4.78, 5) is 18.0. The Kier molecular flexibility index (Phi) is 4.58. The maximum atomic E-state index is 11.0. The normalized spacial score (nSPS) is 20.9. The van der Waals surface area contributed by atoms with Gasteiger partial charge in [-0.05, 0) is 62.8 Å². The molecule has 0 radical (unpaired) electrons. The molecule has 1 aliphatic rings. The Morgan fingerprint density at radius 1 is 1.36 bits per heavy atom. The van der Waals surface area contributed by atoms with Crippen molar-refractivity contribution in [1.82, 2.24) is 10.3 Å². The lowest BCUT2D eigenvalue weighted by Gasteiger charge is -2.29. The summed E-state index contributed by atoms with van der Waals surface area (Å²) in [5, 5.41) is 12.9. The third-order valence-electron chi connectivity index (χ3n) is 5.27. The zero-order valence-electron chi connectivity index (χ0n) is 15.4. The Bertz CT molecular complexity index is 788. The summed E-state index contributed by atoms with van der Waals surface area (Å²) in [6, 6.07) is 8.45. The van der Waals surface area contributed by atoms with Gasteiger partial charge in [0, 0.05) is 35.9 Å². The van der Waals surface area contributed by atoms with Crippen LogP contribution in [0.15, 0.2) is 30.5 Å². The van der Waals surface area contributed by atoms with Gasteiger partial charge >= 0.3 is 6.09 Å². The van der Waals surface area contributed by atoms with Crippen LogP contribution >= 0.6 is 0 Å². The monoisotopic (exact) mass is 341 g/mol. The van der Waals surface area contributed by atoms with E-state index in [-0.39, 0.29) is 0 Å². The molecule has 5 nitrogen and oxygen atoms in total. The number of aromatic nitrogens is 1. The van der Waals surface area contributed by atoms with E-state index in [0.717, 1.165) is 25.0 Å². The minimum Gasteiger partial charge on any atom is -0.465 e. The summed E-state index contributed by atoms with van der Waals surface area (Å²) >= 11 is 0. The van der Waals surface area contributed by atoms with Gasteiger partial charge in [0.15, 0.2) is 0 Å². The Morgan fingerprint density at radius 3 is 2.84 bits per heavy atom. The molecule has 0 saturated carbocycles. The number of fused-ring (bicyclic) bond motifs is 1. The molecule has 0 bridgehead atoms. The predicted molar refractivity (Wildman–Crippen MR) is 101 cm³/mol. The molecule has 5 heteroatoms. The van der Waals surface area contributed by atoms with Crippen LogP contribution in [0.1, 0.15) is 32.8 Å². The molecule has 1 aromatic heterocycles. The highest BCUT2D eigenvalue weighted by molar-refractivity contribution is 5.93. The number of rotatable bonds is 4. The lowest BCUT2D eigenvalue weighted by Crippen LogP contribution is -2.44. The molecule has 0 spiro atoms. The Balaban J connectivity index is 1.83. The van der Waals surface area contributed by atoms with Crippen molar-refractivity contribution in [2.75, 3.05) is 18.0 Å². The Labute approximate surface area is 149 Å². The first kappa shape index (κ1) is 17.5. The number of aryl methyl sites for hydroxylation is 1. The molecule has 0 unspecified atom stereocenters. The van der Waals surface area contributed by atoms with Crippen LogP contribution in [0.4, 0.5) is 10.5 Å². The van der Waals surface area contributed by atoms with Gasteiger partial charge in [-0.25, -0.2) is 4.79 Å². The van der Waals surface area contributed by atoms with E-state index in [4.69, 9.17) is 5.11 Å². The zero-order chi connectivity index (χ0) is 18.2. The molecule has 1 fully saturated rings. The van der Waals surface area contributed by atoms with Gasteiger partial charge in [0.05, 0.1) is 5.52 Å². The van der Waals surface area contributed by atoms with Gasteiger partial charge in [-0.15, -0.1) is 0 Å². The first-order valence-electron chi connectivity index (χ1n) is 8.87. The molecule has 134 valence electrons. The van der Waals surface area contributed by atoms with Crippen molar-refractivity contribution >= 4 is 22.7 Å². The number of anilines is 1.